The summed E-state index contributed by atoms with van der Waals surface area (Å²) in [5.74, 6) is -0.456. The number of nitro groups is 1. The normalized spacial score (nSPS) is 17.2. The zero-order valence-corrected chi connectivity index (χ0v) is 11.5. The summed E-state index contributed by atoms with van der Waals surface area (Å²) < 4.78 is 0. The second-order valence-corrected chi connectivity index (χ2v) is 4.70. The minimum Gasteiger partial charge on any atom is -0.380 e. The minimum atomic E-state index is -0.501. The van der Waals surface area contributed by atoms with Crippen molar-refractivity contribution in [2.45, 2.75) is 19.4 Å². The van der Waals surface area contributed by atoms with Gasteiger partial charge in [0.2, 0.25) is 5.91 Å². The zero-order chi connectivity index (χ0) is 15.4. The van der Waals surface area contributed by atoms with Crippen molar-refractivity contribution in [1.82, 2.24) is 10.6 Å². The summed E-state index contributed by atoms with van der Waals surface area (Å²) in [7, 11) is 0. The molecule has 0 saturated carbocycles. The van der Waals surface area contributed by atoms with Gasteiger partial charge in [0, 0.05) is 31.1 Å². The fourth-order valence-electron chi connectivity index (χ4n) is 2.14. The van der Waals surface area contributed by atoms with Crippen LogP contribution in [0.5, 0.6) is 0 Å². The summed E-state index contributed by atoms with van der Waals surface area (Å²) in [6.07, 6.45) is 0.249. The van der Waals surface area contributed by atoms with Gasteiger partial charge >= 0.3 is 0 Å². The second kappa shape index (κ2) is 6.21. The highest BCUT2D eigenvalue weighted by Crippen LogP contribution is 2.25. The van der Waals surface area contributed by atoms with Crippen LogP contribution in [0, 0.1) is 10.1 Å². The highest BCUT2D eigenvalue weighted by Gasteiger charge is 2.24. The van der Waals surface area contributed by atoms with Crippen LogP contribution in [0.2, 0.25) is 0 Å². The molecule has 1 unspecified atom stereocenters. The molecule has 8 nitrogen and oxygen atoms in total. The summed E-state index contributed by atoms with van der Waals surface area (Å²) in [6, 6.07) is 3.90. The number of rotatable bonds is 5. The second-order valence-electron chi connectivity index (χ2n) is 4.70. The molecule has 1 heterocycles. The molecule has 3 N–H and O–H groups in total. The predicted molar refractivity (Wildman–Crippen MR) is 76.1 cm³/mol. The fourth-order valence-corrected chi connectivity index (χ4v) is 2.14. The Bertz CT molecular complexity index is 588. The Morgan fingerprint density at radius 3 is 2.86 bits per heavy atom. The molecule has 0 bridgehead atoms. The summed E-state index contributed by atoms with van der Waals surface area (Å²) in [4.78, 5) is 33.6. The van der Waals surface area contributed by atoms with Gasteiger partial charge < -0.3 is 16.0 Å². The van der Waals surface area contributed by atoms with E-state index in [0.717, 1.165) is 0 Å². The third-order valence-electron chi connectivity index (χ3n) is 3.14. The van der Waals surface area contributed by atoms with Gasteiger partial charge in [0.15, 0.2) is 0 Å². The molecule has 0 aromatic heterocycles. The molecular weight excluding hydrogens is 276 g/mol. The smallest absolute Gasteiger partial charge is 0.292 e. The summed E-state index contributed by atoms with van der Waals surface area (Å²) in [5.41, 5.74) is 0.540. The van der Waals surface area contributed by atoms with Crippen LogP contribution in [-0.4, -0.2) is 35.9 Å². The number of hydrogen-bond acceptors (Lipinski definition) is 5. The molecule has 0 aliphatic carbocycles. The Morgan fingerprint density at radius 1 is 1.52 bits per heavy atom. The Labute approximate surface area is 121 Å². The van der Waals surface area contributed by atoms with E-state index >= 15 is 0 Å². The van der Waals surface area contributed by atoms with Gasteiger partial charge in [-0.05, 0) is 19.1 Å². The standard InChI is InChI=1S/C13H16N4O4/c1-2-14-10-5-8(3-4-11(10)17(20)21)13(19)16-9-6-12(18)15-7-9/h3-5,9,14H,2,6-7H2,1H3,(H,15,18)(H,16,19). The summed E-state index contributed by atoms with van der Waals surface area (Å²) >= 11 is 0. The van der Waals surface area contributed by atoms with Gasteiger partial charge in [-0.15, -0.1) is 0 Å². The van der Waals surface area contributed by atoms with Crippen LogP contribution in [0.15, 0.2) is 18.2 Å². The number of carbonyl (C=O) groups excluding carboxylic acids is 2. The van der Waals surface area contributed by atoms with E-state index in [0.29, 0.717) is 24.3 Å². The lowest BCUT2D eigenvalue weighted by molar-refractivity contribution is -0.384. The van der Waals surface area contributed by atoms with E-state index in [2.05, 4.69) is 16.0 Å². The monoisotopic (exact) mass is 292 g/mol. The molecule has 0 radical (unpaired) electrons. The first-order valence-corrected chi connectivity index (χ1v) is 6.61. The van der Waals surface area contributed by atoms with Crippen molar-refractivity contribution in [3.05, 3.63) is 33.9 Å². The van der Waals surface area contributed by atoms with Crippen molar-refractivity contribution < 1.29 is 14.5 Å². The Hall–Kier alpha value is -2.64. The van der Waals surface area contributed by atoms with Crippen LogP contribution in [0.4, 0.5) is 11.4 Å². The quantitative estimate of drug-likeness (QED) is 0.544. The zero-order valence-electron chi connectivity index (χ0n) is 11.5. The largest absolute Gasteiger partial charge is 0.380 e. The number of nitrogens with zero attached hydrogens (tertiary/aromatic N) is 1. The van der Waals surface area contributed by atoms with Gasteiger partial charge in [0.1, 0.15) is 5.69 Å². The van der Waals surface area contributed by atoms with Crippen LogP contribution in [-0.2, 0) is 4.79 Å². The van der Waals surface area contributed by atoms with E-state index in [9.17, 15) is 19.7 Å². The first-order valence-electron chi connectivity index (χ1n) is 6.61. The fraction of sp³-hybridized carbons (Fsp3) is 0.385. The molecule has 1 atom stereocenters. The average molecular weight is 292 g/mol. The highest BCUT2D eigenvalue weighted by atomic mass is 16.6. The Balaban J connectivity index is 2.15. The van der Waals surface area contributed by atoms with E-state index < -0.39 is 4.92 Å². The molecular formula is C13H16N4O4. The van der Waals surface area contributed by atoms with E-state index in [1.54, 1.807) is 0 Å². The SMILES string of the molecule is CCNc1cc(C(=O)NC2CNC(=O)C2)ccc1[N+](=O)[O-]. The molecule has 2 rings (SSSR count). The highest BCUT2D eigenvalue weighted by molar-refractivity contribution is 5.96. The third-order valence-corrected chi connectivity index (χ3v) is 3.14. The average Bonchev–Trinajstić information content (AvgIpc) is 2.84. The van der Waals surface area contributed by atoms with Crippen molar-refractivity contribution >= 4 is 23.2 Å². The maximum Gasteiger partial charge on any atom is 0.292 e. The van der Waals surface area contributed by atoms with Crippen LogP contribution in [0.25, 0.3) is 0 Å². The van der Waals surface area contributed by atoms with Crippen LogP contribution >= 0.6 is 0 Å². The van der Waals surface area contributed by atoms with Crippen LogP contribution < -0.4 is 16.0 Å². The van der Waals surface area contributed by atoms with Crippen molar-refractivity contribution in [2.75, 3.05) is 18.4 Å². The molecule has 0 spiro atoms. The van der Waals surface area contributed by atoms with Gasteiger partial charge in [0.25, 0.3) is 11.6 Å². The third kappa shape index (κ3) is 3.47. The Kier molecular flexibility index (Phi) is 4.36. The maximum atomic E-state index is 12.1. The van der Waals surface area contributed by atoms with Gasteiger partial charge in [-0.3, -0.25) is 19.7 Å². The number of nitro benzene ring substituents is 1. The van der Waals surface area contributed by atoms with Crippen LogP contribution in [0.3, 0.4) is 0 Å². The van der Waals surface area contributed by atoms with Crippen molar-refractivity contribution in [3.8, 4) is 0 Å². The lowest BCUT2D eigenvalue weighted by Crippen LogP contribution is -2.36. The van der Waals surface area contributed by atoms with Gasteiger partial charge in [-0.1, -0.05) is 0 Å². The number of benzene rings is 1. The molecule has 1 saturated heterocycles. The topological polar surface area (TPSA) is 113 Å². The van der Waals surface area contributed by atoms with Gasteiger partial charge in [-0.2, -0.15) is 0 Å². The van der Waals surface area contributed by atoms with Crippen molar-refractivity contribution in [1.29, 1.82) is 0 Å². The van der Waals surface area contributed by atoms with E-state index in [-0.39, 0.29) is 30.0 Å². The molecule has 21 heavy (non-hydrogen) atoms. The predicted octanol–water partition coefficient (Wildman–Crippen LogP) is 0.645. The first-order chi connectivity index (χ1) is 10.0. The van der Waals surface area contributed by atoms with E-state index in [1.807, 2.05) is 6.92 Å². The molecule has 1 fully saturated rings. The lowest BCUT2D eigenvalue weighted by atomic mass is 10.1. The van der Waals surface area contributed by atoms with E-state index in [1.165, 1.54) is 18.2 Å². The molecule has 8 heteroatoms. The lowest BCUT2D eigenvalue weighted by Gasteiger charge is -2.11. The van der Waals surface area contributed by atoms with Gasteiger partial charge in [-0.25, -0.2) is 0 Å². The molecule has 1 aliphatic heterocycles. The minimum absolute atomic E-state index is 0.0777. The molecule has 112 valence electrons. The van der Waals surface area contributed by atoms with Gasteiger partial charge in [0.05, 0.1) is 11.0 Å². The first kappa shape index (κ1) is 14.8. The van der Waals surface area contributed by atoms with Crippen LogP contribution in [0.1, 0.15) is 23.7 Å². The number of carbonyl (C=O) groups is 2. The van der Waals surface area contributed by atoms with Crippen molar-refractivity contribution in [3.63, 3.8) is 0 Å². The van der Waals surface area contributed by atoms with E-state index in [4.69, 9.17) is 0 Å². The summed E-state index contributed by atoms with van der Waals surface area (Å²) in [6.45, 7) is 2.72. The maximum absolute atomic E-state index is 12.1. The number of hydrogen-bond donors (Lipinski definition) is 3. The molecule has 1 aliphatic rings. The number of anilines is 1. The number of nitrogens with one attached hydrogen (secondary N) is 3. The molecule has 2 amide bonds. The number of amides is 2. The van der Waals surface area contributed by atoms with Crippen molar-refractivity contribution in [2.24, 2.45) is 0 Å². The molecule has 1 aromatic rings. The Morgan fingerprint density at radius 2 is 2.29 bits per heavy atom. The molecule has 1 aromatic carbocycles. The summed E-state index contributed by atoms with van der Waals surface area (Å²) in [5, 5.41) is 19.1.